The van der Waals surface area contributed by atoms with Gasteiger partial charge in [0.25, 0.3) is 6.08 Å². The number of hydrogen-bond donors (Lipinski definition) is 1. The third-order valence-electron chi connectivity index (χ3n) is 1.57. The molecule has 1 N–H and O–H groups in total. The lowest BCUT2D eigenvalue weighted by Crippen LogP contribution is -2.28. The van der Waals surface area contributed by atoms with Gasteiger partial charge in [0.15, 0.2) is 0 Å². The molecule has 0 aliphatic rings. The first-order valence-electron chi connectivity index (χ1n) is 4.12. The van der Waals surface area contributed by atoms with Crippen molar-refractivity contribution >= 4 is 5.97 Å². The summed E-state index contributed by atoms with van der Waals surface area (Å²) in [6.45, 7) is 0. The average Bonchev–Trinajstić information content (AvgIpc) is 2.00. The summed E-state index contributed by atoms with van der Waals surface area (Å²) in [6, 6.07) is 0. The van der Waals surface area contributed by atoms with E-state index in [-0.39, 0.29) is 5.82 Å². The van der Waals surface area contributed by atoms with Crippen LogP contribution in [0.5, 0.6) is 0 Å². The Bertz CT molecular complexity index is 295. The molecule has 0 saturated heterocycles. The molecule has 0 radical (unpaired) electrons. The fourth-order valence-corrected chi connectivity index (χ4v) is 1.21. The second kappa shape index (κ2) is 5.33. The van der Waals surface area contributed by atoms with Gasteiger partial charge >= 0.3 is 5.97 Å². The molecule has 0 aromatic carbocycles. The highest BCUT2D eigenvalue weighted by Crippen LogP contribution is 2.14. The van der Waals surface area contributed by atoms with Crippen LogP contribution in [0.15, 0.2) is 23.6 Å². The highest BCUT2D eigenvalue weighted by Gasteiger charge is 2.17. The monoisotopic (exact) mass is 220 g/mol. The van der Waals surface area contributed by atoms with Crippen LogP contribution in [0.1, 0.15) is 0 Å². The Labute approximate surface area is 87.1 Å². The topological polar surface area (TPSA) is 43.8 Å². The molecule has 0 bridgehead atoms. The normalized spacial score (nSPS) is 9.20. The Morgan fingerprint density at radius 2 is 1.53 bits per heavy atom. The molecule has 0 aromatic heterocycles. The van der Waals surface area contributed by atoms with E-state index in [1.54, 1.807) is 28.2 Å². The van der Waals surface area contributed by atoms with Crippen molar-refractivity contribution in [2.45, 2.75) is 0 Å². The Morgan fingerprint density at radius 1 is 1.13 bits per heavy atom. The molecule has 0 spiro atoms. The molecule has 0 fully saturated rings. The maximum absolute atomic E-state index is 12.1. The molecule has 0 aromatic rings. The Hall–Kier alpha value is -1.59. The molecule has 0 aliphatic carbocycles. The second-order valence-corrected chi connectivity index (χ2v) is 3.27. The van der Waals surface area contributed by atoms with Crippen LogP contribution in [0.3, 0.4) is 0 Å². The van der Waals surface area contributed by atoms with Gasteiger partial charge in [0.2, 0.25) is 0 Å². The van der Waals surface area contributed by atoms with Crippen molar-refractivity contribution in [2.24, 2.45) is 0 Å². The molecule has 0 unspecified atom stereocenters. The summed E-state index contributed by atoms with van der Waals surface area (Å²) >= 11 is 0. The molecule has 0 rings (SSSR count). The maximum Gasteiger partial charge on any atom is 0.339 e. The van der Waals surface area contributed by atoms with Gasteiger partial charge in [0, 0.05) is 34.3 Å². The number of halogens is 2. The van der Waals surface area contributed by atoms with Crippen LogP contribution in [-0.4, -0.2) is 49.1 Å². The summed E-state index contributed by atoms with van der Waals surface area (Å²) in [6.07, 6.45) is -1.69. The van der Waals surface area contributed by atoms with E-state index in [9.17, 15) is 13.6 Å². The Kier molecular flexibility index (Phi) is 4.77. The van der Waals surface area contributed by atoms with E-state index in [0.717, 1.165) is 0 Å². The summed E-state index contributed by atoms with van der Waals surface area (Å²) in [4.78, 5) is 13.7. The number of nitrogens with zero attached hydrogens (tertiary/aromatic N) is 2. The summed E-state index contributed by atoms with van der Waals surface area (Å²) < 4.78 is 24.1. The summed E-state index contributed by atoms with van der Waals surface area (Å²) in [5.74, 6) is -1.18. The van der Waals surface area contributed by atoms with Crippen molar-refractivity contribution < 1.29 is 18.7 Å². The molecule has 0 atom stereocenters. The summed E-state index contributed by atoms with van der Waals surface area (Å²) in [5.41, 5.74) is -0.440. The van der Waals surface area contributed by atoms with E-state index >= 15 is 0 Å². The van der Waals surface area contributed by atoms with Gasteiger partial charge in [-0.15, -0.1) is 0 Å². The van der Waals surface area contributed by atoms with Crippen LogP contribution in [0.25, 0.3) is 0 Å². The smallest absolute Gasteiger partial charge is 0.339 e. The molecule has 6 heteroatoms. The predicted octanol–water partition coefficient (Wildman–Crippen LogP) is 1.19. The van der Waals surface area contributed by atoms with Gasteiger partial charge in [0.1, 0.15) is 11.4 Å². The van der Waals surface area contributed by atoms with Crippen LogP contribution in [0.2, 0.25) is 0 Å². The molecule has 0 amide bonds. The number of hydrogen-bond acceptors (Lipinski definition) is 3. The molecule has 86 valence electrons. The fraction of sp³-hybridized carbons (Fsp3) is 0.444. The molecular weight excluding hydrogens is 206 g/mol. The van der Waals surface area contributed by atoms with Crippen molar-refractivity contribution in [2.75, 3.05) is 28.2 Å². The van der Waals surface area contributed by atoms with Crippen LogP contribution in [0, 0.1) is 0 Å². The van der Waals surface area contributed by atoms with Crippen molar-refractivity contribution in [3.63, 3.8) is 0 Å². The molecule has 0 aliphatic heterocycles. The standard InChI is InChI=1S/C9H14F2N2O2/c1-12(2)8(13(3)4)6(9(14)15)5-7(10)11/h5H,1-4H3,(H,14,15). The SMILES string of the molecule is CN(C)C(=C(C=C(F)F)C(=O)O)N(C)C. The molecule has 0 heterocycles. The van der Waals surface area contributed by atoms with Crippen molar-refractivity contribution in [1.29, 1.82) is 0 Å². The molecule has 0 saturated carbocycles. The second-order valence-electron chi connectivity index (χ2n) is 3.27. The van der Waals surface area contributed by atoms with Gasteiger partial charge in [-0.05, 0) is 0 Å². The minimum Gasteiger partial charge on any atom is -0.478 e. The largest absolute Gasteiger partial charge is 0.478 e. The van der Waals surface area contributed by atoms with Gasteiger partial charge < -0.3 is 14.9 Å². The zero-order valence-electron chi connectivity index (χ0n) is 9.08. The van der Waals surface area contributed by atoms with E-state index in [1.165, 1.54) is 9.80 Å². The van der Waals surface area contributed by atoms with Gasteiger partial charge in [-0.3, -0.25) is 0 Å². The Morgan fingerprint density at radius 3 is 1.73 bits per heavy atom. The number of carboxylic acids is 1. The minimum atomic E-state index is -2.03. The third kappa shape index (κ3) is 3.97. The number of carbonyl (C=O) groups is 1. The van der Waals surface area contributed by atoms with Crippen LogP contribution in [0.4, 0.5) is 8.78 Å². The van der Waals surface area contributed by atoms with Crippen molar-refractivity contribution in [3.8, 4) is 0 Å². The van der Waals surface area contributed by atoms with Gasteiger partial charge in [0.05, 0.1) is 0 Å². The first kappa shape index (κ1) is 13.4. The first-order chi connectivity index (χ1) is 6.77. The van der Waals surface area contributed by atoms with Crippen LogP contribution < -0.4 is 0 Å². The zero-order chi connectivity index (χ0) is 12.2. The Balaban J connectivity index is 5.57. The third-order valence-corrected chi connectivity index (χ3v) is 1.57. The van der Waals surface area contributed by atoms with E-state index in [1.807, 2.05) is 0 Å². The summed E-state index contributed by atoms with van der Waals surface area (Å²) in [7, 11) is 6.34. The van der Waals surface area contributed by atoms with E-state index in [4.69, 9.17) is 5.11 Å². The van der Waals surface area contributed by atoms with Gasteiger partial charge in [-0.2, -0.15) is 8.78 Å². The minimum absolute atomic E-state index is 0.204. The predicted molar refractivity (Wildman–Crippen MR) is 52.3 cm³/mol. The molecule has 4 nitrogen and oxygen atoms in total. The van der Waals surface area contributed by atoms with Crippen molar-refractivity contribution in [1.82, 2.24) is 9.80 Å². The van der Waals surface area contributed by atoms with E-state index in [2.05, 4.69) is 0 Å². The molecule has 15 heavy (non-hydrogen) atoms. The number of rotatable bonds is 4. The molecular formula is C9H14F2N2O2. The lowest BCUT2D eigenvalue weighted by atomic mass is 10.2. The average molecular weight is 220 g/mol. The van der Waals surface area contributed by atoms with Crippen molar-refractivity contribution in [3.05, 3.63) is 23.6 Å². The highest BCUT2D eigenvalue weighted by atomic mass is 19.3. The summed E-state index contributed by atoms with van der Waals surface area (Å²) in [5, 5.41) is 8.80. The van der Waals surface area contributed by atoms with E-state index in [0.29, 0.717) is 6.08 Å². The lowest BCUT2D eigenvalue weighted by Gasteiger charge is -2.25. The number of carboxylic acid groups (broad SMARTS) is 1. The van der Waals surface area contributed by atoms with Crippen LogP contribution in [-0.2, 0) is 4.79 Å². The van der Waals surface area contributed by atoms with Gasteiger partial charge in [-0.25, -0.2) is 4.79 Å². The first-order valence-corrected chi connectivity index (χ1v) is 4.12. The van der Waals surface area contributed by atoms with Gasteiger partial charge in [-0.1, -0.05) is 0 Å². The fourth-order valence-electron chi connectivity index (χ4n) is 1.21. The zero-order valence-corrected chi connectivity index (χ0v) is 9.08. The number of aliphatic carboxylic acids is 1. The lowest BCUT2D eigenvalue weighted by molar-refractivity contribution is -0.132. The van der Waals surface area contributed by atoms with E-state index < -0.39 is 17.6 Å². The highest BCUT2D eigenvalue weighted by molar-refractivity contribution is 5.90. The van der Waals surface area contributed by atoms with Crippen LogP contribution >= 0.6 is 0 Å². The quantitative estimate of drug-likeness (QED) is 0.571. The maximum atomic E-state index is 12.1.